The van der Waals surface area contributed by atoms with E-state index in [4.69, 9.17) is 5.73 Å². The molecule has 6 nitrogen and oxygen atoms in total. The van der Waals surface area contributed by atoms with Crippen molar-refractivity contribution in [3.63, 3.8) is 0 Å². The molecule has 104 valence electrons. The topological polar surface area (TPSA) is 87.5 Å². The standard InChI is InChI=1S/C13H20N4O2/c1-4-15-13(19)17(5-2)11-8-10(16-12(14)18)7-6-9(11)3/h6-8H,4-5H2,1-3H3,(H,15,19)(H3,14,16,18). The van der Waals surface area contributed by atoms with E-state index in [9.17, 15) is 9.59 Å². The highest BCUT2D eigenvalue weighted by Crippen LogP contribution is 2.24. The Morgan fingerprint density at radius 3 is 2.53 bits per heavy atom. The third-order valence-electron chi connectivity index (χ3n) is 2.66. The molecule has 0 heterocycles. The molecule has 0 fully saturated rings. The van der Waals surface area contributed by atoms with Crippen molar-refractivity contribution in [1.29, 1.82) is 0 Å². The van der Waals surface area contributed by atoms with Gasteiger partial charge in [0.15, 0.2) is 0 Å². The van der Waals surface area contributed by atoms with Crippen molar-refractivity contribution in [3.05, 3.63) is 23.8 Å². The van der Waals surface area contributed by atoms with Gasteiger partial charge in [-0.05, 0) is 38.5 Å². The number of primary amides is 1. The van der Waals surface area contributed by atoms with E-state index in [0.717, 1.165) is 11.3 Å². The first kappa shape index (κ1) is 14.8. The molecule has 0 aromatic heterocycles. The summed E-state index contributed by atoms with van der Waals surface area (Å²) in [6, 6.07) is 4.52. The Morgan fingerprint density at radius 1 is 1.32 bits per heavy atom. The van der Waals surface area contributed by atoms with Gasteiger partial charge in [0.05, 0.1) is 5.69 Å². The van der Waals surface area contributed by atoms with E-state index < -0.39 is 6.03 Å². The number of benzene rings is 1. The van der Waals surface area contributed by atoms with Gasteiger partial charge in [-0.1, -0.05) is 6.07 Å². The summed E-state index contributed by atoms with van der Waals surface area (Å²) < 4.78 is 0. The van der Waals surface area contributed by atoms with Crippen molar-refractivity contribution in [2.75, 3.05) is 23.3 Å². The number of hydrogen-bond acceptors (Lipinski definition) is 2. The van der Waals surface area contributed by atoms with E-state index in [-0.39, 0.29) is 6.03 Å². The molecule has 1 aromatic rings. The van der Waals surface area contributed by atoms with Crippen LogP contribution >= 0.6 is 0 Å². The Bertz CT molecular complexity index is 474. The summed E-state index contributed by atoms with van der Waals surface area (Å²) in [5, 5.41) is 5.26. The van der Waals surface area contributed by atoms with Crippen LogP contribution in [0, 0.1) is 6.92 Å². The number of anilines is 2. The zero-order valence-corrected chi connectivity index (χ0v) is 11.5. The van der Waals surface area contributed by atoms with Crippen LogP contribution in [0.3, 0.4) is 0 Å². The molecule has 0 saturated carbocycles. The van der Waals surface area contributed by atoms with Gasteiger partial charge in [-0.2, -0.15) is 0 Å². The van der Waals surface area contributed by atoms with Gasteiger partial charge in [0.2, 0.25) is 0 Å². The first-order chi connectivity index (χ1) is 8.99. The molecule has 4 N–H and O–H groups in total. The molecule has 4 amide bonds. The van der Waals surface area contributed by atoms with Crippen molar-refractivity contribution in [3.8, 4) is 0 Å². The predicted molar refractivity (Wildman–Crippen MR) is 76.5 cm³/mol. The Balaban J connectivity index is 3.08. The summed E-state index contributed by atoms with van der Waals surface area (Å²) in [7, 11) is 0. The van der Waals surface area contributed by atoms with Crippen LogP contribution in [0.15, 0.2) is 18.2 Å². The Morgan fingerprint density at radius 2 is 2.00 bits per heavy atom. The van der Waals surface area contributed by atoms with Gasteiger partial charge in [-0.3, -0.25) is 4.90 Å². The number of carbonyl (C=O) groups excluding carboxylic acids is 2. The predicted octanol–water partition coefficient (Wildman–Crippen LogP) is 2.04. The Kier molecular flexibility index (Phi) is 5.17. The molecule has 0 saturated heterocycles. The van der Waals surface area contributed by atoms with Crippen molar-refractivity contribution in [1.82, 2.24) is 5.32 Å². The lowest BCUT2D eigenvalue weighted by molar-refractivity contribution is 0.247. The van der Waals surface area contributed by atoms with Crippen molar-refractivity contribution >= 4 is 23.4 Å². The van der Waals surface area contributed by atoms with Crippen LogP contribution in [0.25, 0.3) is 0 Å². The number of urea groups is 2. The Hall–Kier alpha value is -2.24. The molecule has 19 heavy (non-hydrogen) atoms. The number of aryl methyl sites for hydroxylation is 1. The minimum Gasteiger partial charge on any atom is -0.351 e. The van der Waals surface area contributed by atoms with E-state index in [2.05, 4.69) is 10.6 Å². The summed E-state index contributed by atoms with van der Waals surface area (Å²) in [6.07, 6.45) is 0. The molecule has 6 heteroatoms. The number of hydrogen-bond donors (Lipinski definition) is 3. The molecule has 0 aliphatic rings. The van der Waals surface area contributed by atoms with Crippen LogP contribution in [-0.4, -0.2) is 25.2 Å². The number of rotatable bonds is 4. The maximum absolute atomic E-state index is 12.0. The van der Waals surface area contributed by atoms with E-state index in [1.807, 2.05) is 26.8 Å². The highest BCUT2D eigenvalue weighted by molar-refractivity contribution is 5.94. The fraction of sp³-hybridized carbons (Fsp3) is 0.385. The number of nitrogens with one attached hydrogen (secondary N) is 2. The second-order valence-electron chi connectivity index (χ2n) is 4.07. The van der Waals surface area contributed by atoms with Crippen LogP contribution in [0.2, 0.25) is 0 Å². The third-order valence-corrected chi connectivity index (χ3v) is 2.66. The number of carbonyl (C=O) groups is 2. The van der Waals surface area contributed by atoms with E-state index in [0.29, 0.717) is 18.8 Å². The zero-order chi connectivity index (χ0) is 14.4. The van der Waals surface area contributed by atoms with Crippen LogP contribution in [0.1, 0.15) is 19.4 Å². The molecule has 0 unspecified atom stereocenters. The number of amides is 4. The third kappa shape index (κ3) is 3.87. The van der Waals surface area contributed by atoms with Crippen LogP contribution in [0.5, 0.6) is 0 Å². The lowest BCUT2D eigenvalue weighted by Crippen LogP contribution is -2.40. The lowest BCUT2D eigenvalue weighted by atomic mass is 10.1. The molecule has 1 aromatic carbocycles. The molecule has 0 radical (unpaired) electrons. The maximum Gasteiger partial charge on any atom is 0.321 e. The maximum atomic E-state index is 12.0. The summed E-state index contributed by atoms with van der Waals surface area (Å²) >= 11 is 0. The largest absolute Gasteiger partial charge is 0.351 e. The minimum absolute atomic E-state index is 0.163. The Labute approximate surface area is 113 Å². The zero-order valence-electron chi connectivity index (χ0n) is 11.5. The van der Waals surface area contributed by atoms with Crippen LogP contribution in [-0.2, 0) is 0 Å². The van der Waals surface area contributed by atoms with Crippen molar-refractivity contribution in [2.24, 2.45) is 5.73 Å². The average molecular weight is 264 g/mol. The average Bonchev–Trinajstić information content (AvgIpc) is 2.33. The normalized spacial score (nSPS) is 9.84. The molecular weight excluding hydrogens is 244 g/mol. The summed E-state index contributed by atoms with van der Waals surface area (Å²) in [4.78, 5) is 24.4. The summed E-state index contributed by atoms with van der Waals surface area (Å²) in [5.74, 6) is 0. The van der Waals surface area contributed by atoms with E-state index >= 15 is 0 Å². The summed E-state index contributed by atoms with van der Waals surface area (Å²) in [6.45, 7) is 6.76. The lowest BCUT2D eigenvalue weighted by Gasteiger charge is -2.23. The van der Waals surface area contributed by atoms with Gasteiger partial charge in [-0.25, -0.2) is 9.59 Å². The smallest absolute Gasteiger partial charge is 0.321 e. The number of nitrogens with zero attached hydrogens (tertiary/aromatic N) is 1. The van der Waals surface area contributed by atoms with E-state index in [1.54, 1.807) is 17.0 Å². The SMILES string of the molecule is CCNC(=O)N(CC)c1cc(NC(N)=O)ccc1C. The van der Waals surface area contributed by atoms with Gasteiger partial charge in [0.25, 0.3) is 0 Å². The highest BCUT2D eigenvalue weighted by Gasteiger charge is 2.15. The van der Waals surface area contributed by atoms with Gasteiger partial charge < -0.3 is 16.4 Å². The molecule has 0 bridgehead atoms. The second-order valence-corrected chi connectivity index (χ2v) is 4.07. The van der Waals surface area contributed by atoms with E-state index in [1.165, 1.54) is 0 Å². The van der Waals surface area contributed by atoms with Gasteiger partial charge >= 0.3 is 12.1 Å². The first-order valence-corrected chi connectivity index (χ1v) is 6.22. The molecule has 0 spiro atoms. The van der Waals surface area contributed by atoms with Crippen LogP contribution in [0.4, 0.5) is 21.0 Å². The molecule has 0 aliphatic carbocycles. The molecule has 0 aliphatic heterocycles. The van der Waals surface area contributed by atoms with Gasteiger partial charge in [0.1, 0.15) is 0 Å². The molecule has 1 rings (SSSR count). The minimum atomic E-state index is -0.629. The first-order valence-electron chi connectivity index (χ1n) is 6.22. The van der Waals surface area contributed by atoms with Crippen molar-refractivity contribution < 1.29 is 9.59 Å². The van der Waals surface area contributed by atoms with Crippen molar-refractivity contribution in [2.45, 2.75) is 20.8 Å². The molecular formula is C13H20N4O2. The molecule has 0 atom stereocenters. The summed E-state index contributed by atoms with van der Waals surface area (Å²) in [5.41, 5.74) is 7.35. The fourth-order valence-corrected chi connectivity index (χ4v) is 1.79. The highest BCUT2D eigenvalue weighted by atomic mass is 16.2. The second kappa shape index (κ2) is 6.63. The fourth-order valence-electron chi connectivity index (χ4n) is 1.79. The van der Waals surface area contributed by atoms with Crippen LogP contribution < -0.4 is 21.3 Å². The van der Waals surface area contributed by atoms with Gasteiger partial charge in [-0.15, -0.1) is 0 Å². The quantitative estimate of drug-likeness (QED) is 0.777. The number of nitrogens with two attached hydrogens (primary N) is 1. The monoisotopic (exact) mass is 264 g/mol. The van der Waals surface area contributed by atoms with Gasteiger partial charge in [0, 0.05) is 18.8 Å².